The molecule has 0 unspecified atom stereocenters. The van der Waals surface area contributed by atoms with Crippen molar-refractivity contribution in [1.82, 2.24) is 4.90 Å². The number of imide groups is 2. The Kier molecular flexibility index (Phi) is 7.94. The summed E-state index contributed by atoms with van der Waals surface area (Å²) >= 11 is 14.5. The number of phenols is 2. The van der Waals surface area contributed by atoms with Gasteiger partial charge in [-0.3, -0.25) is 24.1 Å². The molecule has 260 valence electrons. The molecule has 2 saturated heterocycles. The minimum absolute atomic E-state index is 0.000237. The highest BCUT2D eigenvalue weighted by molar-refractivity contribution is 6.58. The Hall–Kier alpha value is -4.62. The fourth-order valence-corrected chi connectivity index (χ4v) is 8.82. The number of benzene rings is 3. The predicted molar refractivity (Wildman–Crippen MR) is 170 cm³/mol. The normalized spacial score (nSPS) is 29.1. The fourth-order valence-electron chi connectivity index (χ4n) is 7.89. The number of ether oxygens (including phenoxy) is 1. The molecular formula is C35H26Cl2F4N2O7. The Morgan fingerprint density at radius 1 is 0.880 bits per heavy atom. The average molecular weight is 733 g/mol. The number of carbonyl (C=O) groups is 4. The molecule has 50 heavy (non-hydrogen) atoms. The number of alkyl halides is 5. The topological polar surface area (TPSA) is 124 Å². The number of phenolic OH excluding ortho intramolecular Hbond substituents is 2. The van der Waals surface area contributed by atoms with Gasteiger partial charge in [-0.25, -0.2) is 9.29 Å². The number of amides is 4. The number of hydrogen-bond donors (Lipinski definition) is 2. The van der Waals surface area contributed by atoms with Gasteiger partial charge in [-0.05, 0) is 85.3 Å². The molecular weight excluding hydrogens is 707 g/mol. The highest BCUT2D eigenvalue weighted by atomic mass is 35.5. The second-order valence-electron chi connectivity index (χ2n) is 12.8. The standard InChI is InChI=1S/C35H26Cl2F4N2O7/c36-33-16-25-22(10-11-23-27(25)30(47)42(29(23)46)14-13-17-1-7-20(44)8-2-17)28(24-15-21(9-12-26(24)45)50-35(39,40)41)34(33,37)32(49)43(31(33)48)19-5-3-18(38)4-6-19/h1-10,12,15,23,25,27-28,44-45H,11,13-14,16H2/t23-,25+,27-,28+,33+,34-/m0/s1. The summed E-state index contributed by atoms with van der Waals surface area (Å²) in [7, 11) is 0. The summed E-state index contributed by atoms with van der Waals surface area (Å²) in [5, 5.41) is 20.7. The largest absolute Gasteiger partial charge is 0.573 e. The molecule has 2 aliphatic heterocycles. The van der Waals surface area contributed by atoms with E-state index in [4.69, 9.17) is 23.2 Å². The maximum absolute atomic E-state index is 14.4. The van der Waals surface area contributed by atoms with Gasteiger partial charge in [-0.15, -0.1) is 36.4 Å². The van der Waals surface area contributed by atoms with Crippen molar-refractivity contribution in [3.63, 3.8) is 0 Å². The van der Waals surface area contributed by atoms with Crippen molar-refractivity contribution in [1.29, 1.82) is 0 Å². The summed E-state index contributed by atoms with van der Waals surface area (Å²) < 4.78 is 57.9. The lowest BCUT2D eigenvalue weighted by Crippen LogP contribution is -2.60. The Morgan fingerprint density at radius 3 is 2.22 bits per heavy atom. The number of anilines is 1. The van der Waals surface area contributed by atoms with E-state index in [1.54, 1.807) is 18.2 Å². The lowest BCUT2D eigenvalue weighted by molar-refractivity contribution is -0.274. The minimum atomic E-state index is -5.13. The summed E-state index contributed by atoms with van der Waals surface area (Å²) in [5.41, 5.74) is 0.564. The molecule has 15 heteroatoms. The summed E-state index contributed by atoms with van der Waals surface area (Å²) in [6.07, 6.45) is -3.73. The third-order valence-electron chi connectivity index (χ3n) is 10.1. The second-order valence-corrected chi connectivity index (χ2v) is 14.0. The number of allylic oxidation sites excluding steroid dienone is 2. The molecule has 0 spiro atoms. The predicted octanol–water partition coefficient (Wildman–Crippen LogP) is 5.94. The van der Waals surface area contributed by atoms with Crippen LogP contribution in [0.3, 0.4) is 0 Å². The highest BCUT2D eigenvalue weighted by Gasteiger charge is 2.77. The van der Waals surface area contributed by atoms with E-state index in [1.165, 1.54) is 12.1 Å². The summed E-state index contributed by atoms with van der Waals surface area (Å²) in [6.45, 7) is -0.000237. The molecule has 4 amide bonds. The molecule has 0 radical (unpaired) electrons. The van der Waals surface area contributed by atoms with Crippen LogP contribution in [0.15, 0.2) is 78.4 Å². The van der Waals surface area contributed by atoms with Crippen LogP contribution in [0.25, 0.3) is 0 Å². The number of hydrogen-bond acceptors (Lipinski definition) is 7. The Labute approximate surface area is 291 Å². The van der Waals surface area contributed by atoms with E-state index in [0.29, 0.717) is 4.90 Å². The van der Waals surface area contributed by atoms with Gasteiger partial charge in [0.1, 0.15) is 23.1 Å². The summed E-state index contributed by atoms with van der Waals surface area (Å²) in [6, 6.07) is 13.2. The number of likely N-dealkylation sites (tertiary alicyclic amines) is 1. The number of rotatable bonds is 6. The molecule has 2 heterocycles. The minimum Gasteiger partial charge on any atom is -0.508 e. The number of carbonyl (C=O) groups excluding carboxylic acids is 4. The van der Waals surface area contributed by atoms with Gasteiger partial charge in [-0.2, -0.15) is 0 Å². The zero-order valence-corrected chi connectivity index (χ0v) is 27.2. The van der Waals surface area contributed by atoms with Gasteiger partial charge in [-0.1, -0.05) is 23.8 Å². The van der Waals surface area contributed by atoms with E-state index < -0.39 is 87.1 Å². The van der Waals surface area contributed by atoms with E-state index >= 15 is 0 Å². The summed E-state index contributed by atoms with van der Waals surface area (Å²) in [5.74, 6) is -9.70. The Balaban J connectivity index is 1.34. The average Bonchev–Trinajstić information content (AvgIpc) is 3.39. The van der Waals surface area contributed by atoms with Crippen LogP contribution in [0.2, 0.25) is 0 Å². The first-order chi connectivity index (χ1) is 23.5. The molecule has 3 aromatic carbocycles. The van der Waals surface area contributed by atoms with Gasteiger partial charge in [0.15, 0.2) is 9.75 Å². The zero-order valence-electron chi connectivity index (χ0n) is 25.7. The van der Waals surface area contributed by atoms with Crippen LogP contribution >= 0.6 is 23.2 Å². The molecule has 9 nitrogen and oxygen atoms in total. The molecule has 0 bridgehead atoms. The van der Waals surface area contributed by atoms with Crippen molar-refractivity contribution in [2.45, 2.75) is 41.3 Å². The fraction of sp³-hybridized carbons (Fsp3) is 0.314. The van der Waals surface area contributed by atoms with Gasteiger partial charge in [0, 0.05) is 18.0 Å². The van der Waals surface area contributed by atoms with Gasteiger partial charge >= 0.3 is 6.36 Å². The highest BCUT2D eigenvalue weighted by Crippen LogP contribution is 2.66. The van der Waals surface area contributed by atoms with Crippen LogP contribution in [0.1, 0.15) is 29.9 Å². The van der Waals surface area contributed by atoms with Crippen LogP contribution in [0, 0.1) is 23.6 Å². The quantitative estimate of drug-likeness (QED) is 0.139. The van der Waals surface area contributed by atoms with Crippen molar-refractivity contribution in [2.75, 3.05) is 11.4 Å². The molecule has 3 aromatic rings. The first-order valence-electron chi connectivity index (χ1n) is 15.5. The SMILES string of the molecule is O=C1[C@H]2[C@H](CC=C3[C@H]2C[C@@]2(Cl)C(=O)N(c4ccc(F)cc4)C(=O)[C@@]2(Cl)[C@H]3c2cc(OC(F)(F)F)ccc2O)C(=O)N1CCc1ccc(O)cc1. The van der Waals surface area contributed by atoms with E-state index in [2.05, 4.69) is 4.74 Å². The van der Waals surface area contributed by atoms with Crippen molar-refractivity contribution in [2.24, 2.45) is 17.8 Å². The van der Waals surface area contributed by atoms with E-state index in [9.17, 15) is 47.0 Å². The maximum Gasteiger partial charge on any atom is 0.573 e. The third-order valence-corrected chi connectivity index (χ3v) is 11.5. The van der Waals surface area contributed by atoms with E-state index in [-0.39, 0.29) is 42.0 Å². The van der Waals surface area contributed by atoms with Gasteiger partial charge in [0.05, 0.1) is 17.5 Å². The molecule has 7 rings (SSSR count). The van der Waals surface area contributed by atoms with Gasteiger partial charge < -0.3 is 14.9 Å². The summed E-state index contributed by atoms with van der Waals surface area (Å²) in [4.78, 5) is 53.5. The van der Waals surface area contributed by atoms with Crippen molar-refractivity contribution < 1.29 is 51.7 Å². The van der Waals surface area contributed by atoms with Crippen LogP contribution in [0.4, 0.5) is 23.2 Å². The third kappa shape index (κ3) is 5.12. The Bertz CT molecular complexity index is 1970. The van der Waals surface area contributed by atoms with Gasteiger partial charge in [0.25, 0.3) is 11.8 Å². The smallest absolute Gasteiger partial charge is 0.508 e. The van der Waals surface area contributed by atoms with Crippen LogP contribution in [0.5, 0.6) is 17.2 Å². The molecule has 2 N–H and O–H groups in total. The molecule has 0 aromatic heterocycles. The van der Waals surface area contributed by atoms with Crippen molar-refractivity contribution in [3.8, 4) is 17.2 Å². The Morgan fingerprint density at radius 2 is 1.56 bits per heavy atom. The second kappa shape index (κ2) is 11.7. The number of halogens is 6. The molecule has 4 aliphatic rings. The molecule has 2 aliphatic carbocycles. The molecule has 1 saturated carbocycles. The first kappa shape index (κ1) is 33.9. The lowest BCUT2D eigenvalue weighted by atomic mass is 9.56. The first-order valence-corrected chi connectivity index (χ1v) is 16.2. The van der Waals surface area contributed by atoms with Crippen LogP contribution < -0.4 is 9.64 Å². The number of aromatic hydroxyl groups is 2. The lowest BCUT2D eigenvalue weighted by Gasteiger charge is -2.50. The number of fused-ring (bicyclic) bond motifs is 4. The zero-order chi connectivity index (χ0) is 35.9. The molecule has 3 fully saturated rings. The van der Waals surface area contributed by atoms with Crippen molar-refractivity contribution >= 4 is 52.5 Å². The van der Waals surface area contributed by atoms with Gasteiger partial charge in [0.2, 0.25) is 11.8 Å². The van der Waals surface area contributed by atoms with E-state index in [1.807, 2.05) is 0 Å². The monoisotopic (exact) mass is 732 g/mol. The number of nitrogens with zero attached hydrogens (tertiary/aromatic N) is 2. The van der Waals surface area contributed by atoms with Crippen LogP contribution in [-0.2, 0) is 25.6 Å². The maximum atomic E-state index is 14.4. The van der Waals surface area contributed by atoms with Crippen molar-refractivity contribution in [3.05, 3.63) is 95.3 Å². The van der Waals surface area contributed by atoms with E-state index in [0.717, 1.165) is 52.9 Å². The van der Waals surface area contributed by atoms with Crippen LogP contribution in [-0.4, -0.2) is 61.4 Å². The molecule has 6 atom stereocenters.